The van der Waals surface area contributed by atoms with E-state index >= 15 is 0 Å². The van der Waals surface area contributed by atoms with Gasteiger partial charge in [-0.15, -0.1) is 0 Å². The average Bonchev–Trinajstić information content (AvgIpc) is 2.85. The molecule has 0 aliphatic rings. The van der Waals surface area contributed by atoms with Crippen LogP contribution in [-0.2, 0) is 4.79 Å². The molecule has 0 atom stereocenters. The summed E-state index contributed by atoms with van der Waals surface area (Å²) in [5.41, 5.74) is 0.332. The predicted molar refractivity (Wildman–Crippen MR) is 72.6 cm³/mol. The predicted octanol–water partition coefficient (Wildman–Crippen LogP) is 1.66. The van der Waals surface area contributed by atoms with Gasteiger partial charge in [-0.1, -0.05) is 11.3 Å². The number of carbonyl (C=O) groups is 2. The molecule has 0 bridgehead atoms. The SMILES string of the molecule is COc1nc2nc(C(=O)CCC(C)=O)sc2nc1OC. The van der Waals surface area contributed by atoms with Crippen LogP contribution in [-0.4, -0.2) is 40.7 Å². The molecular formula is C12H13N3O4S. The number of Topliss-reactive ketones (excluding diaryl/α,β-unsaturated/α-hetero) is 2. The quantitative estimate of drug-likeness (QED) is 0.748. The molecule has 2 aromatic heterocycles. The van der Waals surface area contributed by atoms with Gasteiger partial charge in [0.25, 0.3) is 11.8 Å². The Kier molecular flexibility index (Phi) is 4.23. The second kappa shape index (κ2) is 5.91. The van der Waals surface area contributed by atoms with Gasteiger partial charge in [-0.05, 0) is 6.92 Å². The zero-order chi connectivity index (χ0) is 14.7. The number of nitrogens with zero attached hydrogens (tertiary/aromatic N) is 3. The Morgan fingerprint density at radius 3 is 2.30 bits per heavy atom. The fourth-order valence-electron chi connectivity index (χ4n) is 1.52. The van der Waals surface area contributed by atoms with Crippen molar-refractivity contribution in [1.29, 1.82) is 0 Å². The molecule has 0 aliphatic carbocycles. The van der Waals surface area contributed by atoms with Crippen LogP contribution >= 0.6 is 11.3 Å². The van der Waals surface area contributed by atoms with E-state index in [0.717, 1.165) is 11.3 Å². The van der Waals surface area contributed by atoms with Crippen molar-refractivity contribution < 1.29 is 19.1 Å². The van der Waals surface area contributed by atoms with Gasteiger partial charge in [0.2, 0.25) is 0 Å². The Hall–Kier alpha value is -2.09. The van der Waals surface area contributed by atoms with E-state index in [-0.39, 0.29) is 41.2 Å². The molecule has 7 nitrogen and oxygen atoms in total. The van der Waals surface area contributed by atoms with Crippen LogP contribution in [0, 0.1) is 0 Å². The lowest BCUT2D eigenvalue weighted by molar-refractivity contribution is -0.116. The first kappa shape index (κ1) is 14.3. The van der Waals surface area contributed by atoms with Crippen LogP contribution in [0.5, 0.6) is 11.8 Å². The molecule has 0 aromatic carbocycles. The maximum absolute atomic E-state index is 11.9. The molecule has 0 saturated carbocycles. The number of carbonyl (C=O) groups excluding carboxylic acids is 2. The van der Waals surface area contributed by atoms with Crippen LogP contribution in [0.3, 0.4) is 0 Å². The van der Waals surface area contributed by atoms with Gasteiger partial charge < -0.3 is 14.3 Å². The summed E-state index contributed by atoms with van der Waals surface area (Å²) >= 11 is 1.12. The highest BCUT2D eigenvalue weighted by molar-refractivity contribution is 7.19. The summed E-state index contributed by atoms with van der Waals surface area (Å²) in [5.74, 6) is 0.237. The number of fused-ring (bicyclic) bond motifs is 1. The third kappa shape index (κ3) is 2.90. The van der Waals surface area contributed by atoms with Crippen molar-refractivity contribution in [3.63, 3.8) is 0 Å². The van der Waals surface area contributed by atoms with Gasteiger partial charge in [-0.2, -0.15) is 9.97 Å². The second-order valence-corrected chi connectivity index (χ2v) is 4.99. The van der Waals surface area contributed by atoms with E-state index in [1.807, 2.05) is 0 Å². The van der Waals surface area contributed by atoms with Gasteiger partial charge >= 0.3 is 0 Å². The Morgan fingerprint density at radius 1 is 1.05 bits per heavy atom. The Bertz CT molecular complexity index is 627. The monoisotopic (exact) mass is 295 g/mol. The van der Waals surface area contributed by atoms with Crippen LogP contribution in [0.2, 0.25) is 0 Å². The van der Waals surface area contributed by atoms with E-state index < -0.39 is 0 Å². The van der Waals surface area contributed by atoms with Gasteiger partial charge in [-0.25, -0.2) is 4.98 Å². The number of rotatable bonds is 6. The summed E-state index contributed by atoms with van der Waals surface area (Å²) in [6, 6.07) is 0. The third-order valence-corrected chi connectivity index (χ3v) is 3.49. The highest BCUT2D eigenvalue weighted by Gasteiger charge is 2.17. The lowest BCUT2D eigenvalue weighted by Gasteiger charge is -2.03. The standard InChI is InChI=1S/C12H13N3O4S/c1-6(16)4-5-7(17)11-14-8-12(20-11)15-10(19-3)9(13-8)18-2/h4-5H2,1-3H3. The van der Waals surface area contributed by atoms with Crippen molar-refractivity contribution in [2.24, 2.45) is 0 Å². The van der Waals surface area contributed by atoms with Crippen molar-refractivity contribution in [2.45, 2.75) is 19.8 Å². The Labute approximate surface area is 119 Å². The minimum atomic E-state index is -0.192. The smallest absolute Gasteiger partial charge is 0.279 e. The van der Waals surface area contributed by atoms with Crippen LogP contribution in [0.4, 0.5) is 0 Å². The molecule has 0 amide bonds. The van der Waals surface area contributed by atoms with Crippen molar-refractivity contribution in [3.8, 4) is 11.8 Å². The Balaban J connectivity index is 2.33. The molecule has 0 N–H and O–H groups in total. The van der Waals surface area contributed by atoms with Crippen molar-refractivity contribution >= 4 is 33.4 Å². The Morgan fingerprint density at radius 2 is 1.70 bits per heavy atom. The largest absolute Gasteiger partial charge is 0.477 e. The molecule has 0 unspecified atom stereocenters. The summed E-state index contributed by atoms with van der Waals surface area (Å²) in [7, 11) is 2.90. The van der Waals surface area contributed by atoms with E-state index in [2.05, 4.69) is 15.0 Å². The minimum absolute atomic E-state index is 0.0287. The molecule has 2 heterocycles. The molecule has 2 aromatic rings. The first-order valence-corrected chi connectivity index (χ1v) is 6.66. The van der Waals surface area contributed by atoms with Gasteiger partial charge in [0.05, 0.1) is 14.2 Å². The van der Waals surface area contributed by atoms with E-state index in [1.165, 1.54) is 21.1 Å². The number of hydrogen-bond acceptors (Lipinski definition) is 8. The van der Waals surface area contributed by atoms with Gasteiger partial charge in [0, 0.05) is 12.8 Å². The summed E-state index contributed by atoms with van der Waals surface area (Å²) in [6.45, 7) is 1.45. The maximum atomic E-state index is 11.9. The number of hydrogen-bond donors (Lipinski definition) is 0. The van der Waals surface area contributed by atoms with Crippen LogP contribution in [0.25, 0.3) is 10.5 Å². The molecule has 0 spiro atoms. The van der Waals surface area contributed by atoms with Crippen molar-refractivity contribution in [3.05, 3.63) is 5.01 Å². The third-order valence-electron chi connectivity index (χ3n) is 2.51. The highest BCUT2D eigenvalue weighted by Crippen LogP contribution is 2.28. The lowest BCUT2D eigenvalue weighted by atomic mass is 10.2. The van der Waals surface area contributed by atoms with Crippen LogP contribution in [0.15, 0.2) is 0 Å². The molecular weight excluding hydrogens is 282 g/mol. The minimum Gasteiger partial charge on any atom is -0.477 e. The fourth-order valence-corrected chi connectivity index (χ4v) is 2.36. The van der Waals surface area contributed by atoms with Crippen LogP contribution in [0.1, 0.15) is 29.6 Å². The summed E-state index contributed by atoms with van der Waals surface area (Å²) < 4.78 is 10.1. The van der Waals surface area contributed by atoms with Crippen LogP contribution < -0.4 is 9.47 Å². The number of ether oxygens (including phenoxy) is 2. The second-order valence-electron chi connectivity index (χ2n) is 4.02. The van der Waals surface area contributed by atoms with Gasteiger partial charge in [0.15, 0.2) is 21.3 Å². The van der Waals surface area contributed by atoms with Gasteiger partial charge in [0.1, 0.15) is 5.78 Å². The molecule has 0 saturated heterocycles. The van der Waals surface area contributed by atoms with E-state index in [9.17, 15) is 9.59 Å². The van der Waals surface area contributed by atoms with E-state index in [1.54, 1.807) is 0 Å². The summed E-state index contributed by atoms with van der Waals surface area (Å²) in [5, 5.41) is 0.288. The molecule has 8 heteroatoms. The first-order chi connectivity index (χ1) is 9.55. The van der Waals surface area contributed by atoms with E-state index in [0.29, 0.717) is 10.5 Å². The maximum Gasteiger partial charge on any atom is 0.279 e. The van der Waals surface area contributed by atoms with Crippen molar-refractivity contribution in [1.82, 2.24) is 15.0 Å². The average molecular weight is 295 g/mol. The normalized spacial score (nSPS) is 10.6. The van der Waals surface area contributed by atoms with Crippen molar-refractivity contribution in [2.75, 3.05) is 14.2 Å². The molecule has 106 valence electrons. The highest BCUT2D eigenvalue weighted by atomic mass is 32.1. The topological polar surface area (TPSA) is 91.3 Å². The number of aromatic nitrogens is 3. The molecule has 0 radical (unpaired) electrons. The molecule has 2 rings (SSSR count). The fraction of sp³-hybridized carbons (Fsp3) is 0.417. The summed E-state index contributed by atoms with van der Waals surface area (Å²) in [6.07, 6.45) is 0.353. The zero-order valence-electron chi connectivity index (χ0n) is 11.3. The molecule has 0 fully saturated rings. The number of ketones is 2. The molecule has 0 aliphatic heterocycles. The zero-order valence-corrected chi connectivity index (χ0v) is 12.1. The van der Waals surface area contributed by atoms with E-state index in [4.69, 9.17) is 9.47 Å². The first-order valence-electron chi connectivity index (χ1n) is 5.84. The lowest BCUT2D eigenvalue weighted by Crippen LogP contribution is -2.01. The van der Waals surface area contributed by atoms with Gasteiger partial charge in [-0.3, -0.25) is 4.79 Å². The summed E-state index contributed by atoms with van der Waals surface area (Å²) in [4.78, 5) is 35.7. The molecule has 20 heavy (non-hydrogen) atoms. The number of thiazole rings is 1. The number of methoxy groups -OCH3 is 2.